The van der Waals surface area contributed by atoms with Gasteiger partial charge in [-0.25, -0.2) is 13.4 Å². The fourth-order valence-corrected chi connectivity index (χ4v) is 3.41. The Bertz CT molecular complexity index is 969. The Balaban J connectivity index is 0.00000392. The van der Waals surface area contributed by atoms with Crippen LogP contribution in [0.15, 0.2) is 29.3 Å². The third-order valence-electron chi connectivity index (χ3n) is 3.54. The summed E-state index contributed by atoms with van der Waals surface area (Å²) in [4.78, 5) is 15.5. The van der Waals surface area contributed by atoms with Crippen LogP contribution >= 0.6 is 24.0 Å². The number of aromatic nitrogens is 1. The molecule has 0 saturated carbocycles. The predicted octanol–water partition coefficient (Wildman–Crippen LogP) is 2.24. The summed E-state index contributed by atoms with van der Waals surface area (Å²) in [6, 6.07) is 4.21. The second kappa shape index (κ2) is 10.4. The zero-order valence-electron chi connectivity index (χ0n) is 15.0. The number of nitrogens with two attached hydrogens (primary N) is 1. The maximum atomic E-state index is 12.5. The molecule has 2 rings (SSSR count). The highest BCUT2D eigenvalue weighted by atomic mass is 35.5. The number of carbonyl (C=O) groups is 1. The van der Waals surface area contributed by atoms with Crippen molar-refractivity contribution < 1.29 is 17.9 Å². The molecule has 0 atom stereocenters. The van der Waals surface area contributed by atoms with Crippen LogP contribution < -0.4 is 15.8 Å². The van der Waals surface area contributed by atoms with E-state index in [4.69, 9.17) is 27.5 Å². The van der Waals surface area contributed by atoms with E-state index in [2.05, 4.69) is 15.0 Å². The lowest BCUT2D eigenvalue weighted by atomic mass is 10.1. The Morgan fingerprint density at radius 1 is 1.36 bits per heavy atom. The van der Waals surface area contributed by atoms with Crippen LogP contribution in [0.25, 0.3) is 10.8 Å². The molecule has 0 aliphatic carbocycles. The number of guanidine groups is 1. The van der Waals surface area contributed by atoms with E-state index in [0.717, 1.165) is 6.42 Å². The van der Waals surface area contributed by atoms with Gasteiger partial charge in [0.25, 0.3) is 0 Å². The van der Waals surface area contributed by atoms with Gasteiger partial charge in [-0.3, -0.25) is 10.2 Å². The SMILES string of the molecule is CCCCOC(=O)CNS(=O)(=O)c1ccc2c(Cl)cnc(NC(=N)N)c2c1.Cl. The summed E-state index contributed by atoms with van der Waals surface area (Å²) in [6.07, 6.45) is 2.94. The summed E-state index contributed by atoms with van der Waals surface area (Å²) in [7, 11) is -3.97. The smallest absolute Gasteiger partial charge is 0.321 e. The third kappa shape index (κ3) is 6.20. The number of nitrogens with one attached hydrogen (secondary N) is 3. The molecule has 0 radical (unpaired) electrons. The number of fused-ring (bicyclic) bond motifs is 1. The van der Waals surface area contributed by atoms with E-state index in [-0.39, 0.29) is 35.7 Å². The molecule has 0 spiro atoms. The molecule has 0 fully saturated rings. The molecule has 28 heavy (non-hydrogen) atoms. The Morgan fingerprint density at radius 2 is 2.07 bits per heavy atom. The molecule has 0 unspecified atom stereocenters. The highest BCUT2D eigenvalue weighted by Gasteiger charge is 2.18. The molecule has 0 saturated heterocycles. The molecule has 0 amide bonds. The molecule has 2 aromatic rings. The summed E-state index contributed by atoms with van der Waals surface area (Å²) >= 11 is 6.09. The number of hydrogen-bond donors (Lipinski definition) is 4. The van der Waals surface area contributed by atoms with E-state index in [9.17, 15) is 13.2 Å². The summed E-state index contributed by atoms with van der Waals surface area (Å²) < 4.78 is 32.1. The van der Waals surface area contributed by atoms with Gasteiger partial charge >= 0.3 is 5.97 Å². The number of esters is 1. The minimum Gasteiger partial charge on any atom is -0.465 e. The van der Waals surface area contributed by atoms with Gasteiger partial charge in [0.05, 0.1) is 16.5 Å². The van der Waals surface area contributed by atoms with Crippen molar-refractivity contribution in [3.8, 4) is 0 Å². The predicted molar refractivity (Wildman–Crippen MR) is 111 cm³/mol. The third-order valence-corrected chi connectivity index (χ3v) is 5.24. The number of pyridine rings is 1. The molecule has 154 valence electrons. The van der Waals surface area contributed by atoms with Crippen LogP contribution in [-0.2, 0) is 19.6 Å². The van der Waals surface area contributed by atoms with Gasteiger partial charge in [-0.15, -0.1) is 12.4 Å². The quantitative estimate of drug-likeness (QED) is 0.209. The highest BCUT2D eigenvalue weighted by molar-refractivity contribution is 7.89. The van der Waals surface area contributed by atoms with Crippen LogP contribution in [0.5, 0.6) is 0 Å². The zero-order valence-corrected chi connectivity index (χ0v) is 17.4. The van der Waals surface area contributed by atoms with Crippen LogP contribution in [0.3, 0.4) is 0 Å². The summed E-state index contributed by atoms with van der Waals surface area (Å²) in [6.45, 7) is 1.72. The number of benzene rings is 1. The number of halogens is 2. The van der Waals surface area contributed by atoms with Crippen LogP contribution in [0.1, 0.15) is 19.8 Å². The Hall–Kier alpha value is -2.14. The van der Waals surface area contributed by atoms with Gasteiger partial charge in [0, 0.05) is 17.0 Å². The number of nitrogens with zero attached hydrogens (tertiary/aromatic N) is 1. The molecule has 1 aromatic carbocycles. The van der Waals surface area contributed by atoms with Crippen molar-refractivity contribution in [3.05, 3.63) is 29.4 Å². The first-order valence-corrected chi connectivity index (χ1v) is 9.95. The molecule has 1 heterocycles. The second-order valence-corrected chi connectivity index (χ2v) is 7.77. The molecule has 9 nitrogen and oxygen atoms in total. The number of hydrogen-bond acceptors (Lipinski definition) is 6. The lowest BCUT2D eigenvalue weighted by Gasteiger charge is -2.11. The Kier molecular flexibility index (Phi) is 8.89. The van der Waals surface area contributed by atoms with Gasteiger partial charge in [-0.05, 0) is 18.6 Å². The first kappa shape index (κ1) is 23.9. The van der Waals surface area contributed by atoms with Gasteiger partial charge in [0.1, 0.15) is 12.4 Å². The van der Waals surface area contributed by atoms with Crippen molar-refractivity contribution in [2.75, 3.05) is 18.5 Å². The standard InChI is InChI=1S/C16H20ClN5O4S.ClH/c1-2-3-6-26-14(23)9-21-27(24,25)10-4-5-11-12(7-10)15(22-16(18)19)20-8-13(11)17;/h4-5,7-8,21H,2-3,6,9H2,1H3,(H4,18,19,20,22);1H. The molecule has 12 heteroatoms. The van der Waals surface area contributed by atoms with Crippen LogP contribution in [0.2, 0.25) is 5.02 Å². The van der Waals surface area contributed by atoms with Crippen molar-refractivity contribution in [2.24, 2.45) is 5.73 Å². The maximum Gasteiger partial charge on any atom is 0.321 e. The fourth-order valence-electron chi connectivity index (χ4n) is 2.20. The molecular weight excluding hydrogens is 429 g/mol. The molecule has 1 aromatic heterocycles. The highest BCUT2D eigenvalue weighted by Crippen LogP contribution is 2.29. The number of ether oxygens (including phenoxy) is 1. The minimum absolute atomic E-state index is 0. The minimum atomic E-state index is -3.97. The normalized spacial score (nSPS) is 10.9. The Labute approximate surface area is 174 Å². The number of sulfonamides is 1. The van der Waals surface area contributed by atoms with Gasteiger partial charge in [-0.1, -0.05) is 31.0 Å². The van der Waals surface area contributed by atoms with E-state index >= 15 is 0 Å². The monoisotopic (exact) mass is 449 g/mol. The van der Waals surface area contributed by atoms with E-state index in [1.54, 1.807) is 0 Å². The van der Waals surface area contributed by atoms with E-state index < -0.39 is 22.5 Å². The summed E-state index contributed by atoms with van der Waals surface area (Å²) in [5.41, 5.74) is 5.33. The topological polar surface area (TPSA) is 147 Å². The lowest BCUT2D eigenvalue weighted by Crippen LogP contribution is -2.30. The molecule has 0 bridgehead atoms. The first-order valence-electron chi connectivity index (χ1n) is 8.09. The number of rotatable bonds is 8. The fraction of sp³-hybridized carbons (Fsp3) is 0.312. The lowest BCUT2D eigenvalue weighted by molar-refractivity contribution is -0.142. The molecule has 0 aliphatic heterocycles. The van der Waals surface area contributed by atoms with Crippen molar-refractivity contribution in [1.29, 1.82) is 5.41 Å². The van der Waals surface area contributed by atoms with Crippen molar-refractivity contribution in [1.82, 2.24) is 9.71 Å². The molecule has 5 N–H and O–H groups in total. The number of anilines is 1. The van der Waals surface area contributed by atoms with Crippen molar-refractivity contribution >= 4 is 62.6 Å². The molecule has 0 aliphatic rings. The average Bonchev–Trinajstić information content (AvgIpc) is 2.62. The van der Waals surface area contributed by atoms with Crippen LogP contribution in [0, 0.1) is 5.41 Å². The van der Waals surface area contributed by atoms with E-state index in [1.807, 2.05) is 6.92 Å². The van der Waals surface area contributed by atoms with Gasteiger partial charge in [0.2, 0.25) is 10.0 Å². The van der Waals surface area contributed by atoms with Gasteiger partial charge < -0.3 is 15.8 Å². The second-order valence-electron chi connectivity index (χ2n) is 5.60. The van der Waals surface area contributed by atoms with Crippen molar-refractivity contribution in [2.45, 2.75) is 24.7 Å². The average molecular weight is 450 g/mol. The Morgan fingerprint density at radius 3 is 2.71 bits per heavy atom. The van der Waals surface area contributed by atoms with E-state index in [1.165, 1.54) is 24.4 Å². The number of carbonyl (C=O) groups excluding carboxylic acids is 1. The first-order chi connectivity index (χ1) is 12.7. The van der Waals surface area contributed by atoms with Gasteiger partial charge in [-0.2, -0.15) is 4.72 Å². The maximum absolute atomic E-state index is 12.5. The zero-order chi connectivity index (χ0) is 20.0. The van der Waals surface area contributed by atoms with Crippen LogP contribution in [-0.4, -0.2) is 38.5 Å². The largest absolute Gasteiger partial charge is 0.465 e. The molecular formula is C16H21Cl2N5O4S. The number of unbranched alkanes of at least 4 members (excludes halogenated alkanes) is 1. The summed E-state index contributed by atoms with van der Waals surface area (Å²) in [5.74, 6) is -0.818. The van der Waals surface area contributed by atoms with E-state index in [0.29, 0.717) is 22.2 Å². The van der Waals surface area contributed by atoms with Gasteiger partial charge in [0.15, 0.2) is 5.96 Å². The van der Waals surface area contributed by atoms with Crippen molar-refractivity contribution in [3.63, 3.8) is 0 Å². The summed E-state index contributed by atoms with van der Waals surface area (Å²) in [5, 5.41) is 11.1. The van der Waals surface area contributed by atoms with Crippen LogP contribution in [0.4, 0.5) is 5.82 Å².